The van der Waals surface area contributed by atoms with Gasteiger partial charge in [0.25, 0.3) is 2.57 Å². The lowest BCUT2D eigenvalue weighted by Gasteiger charge is -2.18. The topological polar surface area (TPSA) is 60.4 Å². The fourth-order valence-electron chi connectivity index (χ4n) is 1.09. The number of sulfone groups is 1. The van der Waals surface area contributed by atoms with E-state index in [0.29, 0.717) is 0 Å². The molecule has 0 saturated heterocycles. The van der Waals surface area contributed by atoms with Crippen molar-refractivity contribution in [3.8, 4) is 0 Å². The second-order valence-electron chi connectivity index (χ2n) is 3.32. The smallest absolute Gasteiger partial charge is 0.349 e. The molecule has 0 N–H and O–H groups in total. The lowest BCUT2D eigenvalue weighted by atomic mass is 10.2. The average Bonchev–Trinajstić information content (AvgIpc) is 2.28. The third-order valence-corrected chi connectivity index (χ3v) is 7.03. The van der Waals surface area contributed by atoms with E-state index >= 15 is 0 Å². The predicted molar refractivity (Wildman–Crippen MR) is 71.0 cm³/mol. The van der Waals surface area contributed by atoms with Crippen molar-refractivity contribution in [2.24, 2.45) is 0 Å². The molecule has 0 aliphatic carbocycles. The van der Waals surface area contributed by atoms with Crippen LogP contribution in [0.15, 0.2) is 29.2 Å². The number of hydrogen-bond acceptors (Lipinski definition) is 4. The molecule has 0 bridgehead atoms. The first-order valence-electron chi connectivity index (χ1n) is 4.51. The van der Waals surface area contributed by atoms with Gasteiger partial charge in [-0.15, -0.1) is 0 Å². The molecule has 17 heavy (non-hydrogen) atoms. The maximum atomic E-state index is 12.2. The predicted octanol–water partition coefficient (Wildman–Crippen LogP) is 2.39. The van der Waals surface area contributed by atoms with Crippen molar-refractivity contribution >= 4 is 47.7 Å². The molecule has 94 valence electrons. The Hall–Kier alpha value is -0.400. The Morgan fingerprint density at radius 1 is 1.24 bits per heavy atom. The van der Waals surface area contributed by atoms with Crippen LogP contribution in [0.25, 0.3) is 0 Å². The van der Waals surface area contributed by atoms with E-state index in [1.54, 1.807) is 12.1 Å². The number of carbonyl (C=O) groups is 1. The second kappa shape index (κ2) is 5.07. The summed E-state index contributed by atoms with van der Waals surface area (Å²) in [5, 5.41) is 0. The maximum Gasteiger partial charge on any atom is 0.349 e. The average molecular weight is 386 g/mol. The van der Waals surface area contributed by atoms with Crippen LogP contribution in [0.3, 0.4) is 0 Å². The summed E-state index contributed by atoms with van der Waals surface area (Å²) >= 11 is 5.68. The van der Waals surface area contributed by atoms with Crippen LogP contribution in [-0.4, -0.2) is 24.1 Å². The molecule has 0 unspecified atom stereocenters. The number of rotatable bonds is 3. The van der Waals surface area contributed by atoms with Gasteiger partial charge in [-0.1, -0.05) is 17.7 Å². The Morgan fingerprint density at radius 3 is 2.12 bits per heavy atom. The molecule has 0 aliphatic rings. The molecule has 1 aromatic rings. The molecular weight excluding hydrogens is 376 g/mol. The highest BCUT2D eigenvalue weighted by atomic mass is 79.9. The molecule has 0 spiro atoms. The standard InChI is InChI=1S/C10H10Br2O4S/c1-7-3-5-8(6-4-7)17(14,15)10(11,12)9(13)16-2/h3-6H,1-2H3. The van der Waals surface area contributed by atoms with Gasteiger partial charge in [0, 0.05) is 0 Å². The first-order chi connectivity index (χ1) is 7.73. The van der Waals surface area contributed by atoms with E-state index in [1.165, 1.54) is 12.1 Å². The highest BCUT2D eigenvalue weighted by Gasteiger charge is 2.48. The minimum absolute atomic E-state index is 0.0299. The summed E-state index contributed by atoms with van der Waals surface area (Å²) in [7, 11) is -2.79. The Morgan fingerprint density at radius 2 is 1.71 bits per heavy atom. The molecule has 0 atom stereocenters. The van der Waals surface area contributed by atoms with E-state index in [4.69, 9.17) is 0 Å². The molecule has 0 saturated carbocycles. The molecule has 1 rings (SSSR count). The van der Waals surface area contributed by atoms with Crippen LogP contribution in [-0.2, 0) is 19.4 Å². The summed E-state index contributed by atoms with van der Waals surface area (Å²) in [5.41, 5.74) is 0.928. The summed E-state index contributed by atoms with van der Waals surface area (Å²) < 4.78 is 26.8. The SMILES string of the molecule is COC(=O)C(Br)(Br)S(=O)(=O)c1ccc(C)cc1. The summed E-state index contributed by atoms with van der Waals surface area (Å²) in [6, 6.07) is 6.18. The van der Waals surface area contributed by atoms with Crippen molar-refractivity contribution in [3.63, 3.8) is 0 Å². The number of methoxy groups -OCH3 is 1. The van der Waals surface area contributed by atoms with E-state index in [9.17, 15) is 13.2 Å². The van der Waals surface area contributed by atoms with Crippen molar-refractivity contribution in [2.45, 2.75) is 14.4 Å². The van der Waals surface area contributed by atoms with Gasteiger partial charge in [-0.2, -0.15) is 0 Å². The van der Waals surface area contributed by atoms with Crippen molar-refractivity contribution in [1.82, 2.24) is 0 Å². The van der Waals surface area contributed by atoms with Crippen LogP contribution < -0.4 is 0 Å². The first-order valence-corrected chi connectivity index (χ1v) is 7.58. The number of carbonyl (C=O) groups excluding carboxylic acids is 1. The van der Waals surface area contributed by atoms with Gasteiger partial charge in [-0.25, -0.2) is 13.2 Å². The molecule has 0 fully saturated rings. The van der Waals surface area contributed by atoms with Gasteiger partial charge in [-0.05, 0) is 50.9 Å². The van der Waals surface area contributed by atoms with Gasteiger partial charge < -0.3 is 4.74 Å². The number of aryl methyl sites for hydroxylation is 1. The lowest BCUT2D eigenvalue weighted by Crippen LogP contribution is -2.35. The number of alkyl halides is 2. The van der Waals surface area contributed by atoms with Crippen molar-refractivity contribution in [3.05, 3.63) is 29.8 Å². The highest BCUT2D eigenvalue weighted by molar-refractivity contribution is 9.28. The zero-order valence-corrected chi connectivity index (χ0v) is 13.1. The number of benzene rings is 1. The van der Waals surface area contributed by atoms with Crippen molar-refractivity contribution < 1.29 is 17.9 Å². The Bertz CT molecular complexity index is 520. The highest BCUT2D eigenvalue weighted by Crippen LogP contribution is 2.38. The number of hydrogen-bond donors (Lipinski definition) is 0. The van der Waals surface area contributed by atoms with Gasteiger partial charge in [0.2, 0.25) is 9.84 Å². The summed E-state index contributed by atoms with van der Waals surface area (Å²) in [4.78, 5) is 11.5. The zero-order chi connectivity index (χ0) is 13.3. The number of halogens is 2. The molecule has 7 heteroatoms. The summed E-state index contributed by atoms with van der Waals surface area (Å²) in [6.45, 7) is 1.84. The van der Waals surface area contributed by atoms with Crippen LogP contribution in [0.2, 0.25) is 0 Å². The molecule has 0 amide bonds. The zero-order valence-electron chi connectivity index (χ0n) is 9.11. The summed E-state index contributed by atoms with van der Waals surface area (Å²) in [5.74, 6) is -0.932. The largest absolute Gasteiger partial charge is 0.467 e. The van der Waals surface area contributed by atoms with Crippen LogP contribution in [0.4, 0.5) is 0 Å². The fourth-order valence-corrected chi connectivity index (χ4v) is 3.63. The third-order valence-electron chi connectivity index (χ3n) is 2.09. The van der Waals surface area contributed by atoms with Gasteiger partial charge in [0.15, 0.2) is 0 Å². The van der Waals surface area contributed by atoms with Crippen molar-refractivity contribution in [1.29, 1.82) is 0 Å². The van der Waals surface area contributed by atoms with Crippen LogP contribution in [0, 0.1) is 6.92 Å². The first kappa shape index (κ1) is 14.7. The lowest BCUT2D eigenvalue weighted by molar-refractivity contribution is -0.138. The van der Waals surface area contributed by atoms with Crippen LogP contribution >= 0.6 is 31.9 Å². The molecule has 1 aromatic carbocycles. The van der Waals surface area contributed by atoms with Crippen LogP contribution in [0.1, 0.15) is 5.56 Å². The minimum Gasteiger partial charge on any atom is -0.467 e. The van der Waals surface area contributed by atoms with Gasteiger partial charge in [-0.3, -0.25) is 0 Å². The molecule has 0 heterocycles. The number of esters is 1. The van der Waals surface area contributed by atoms with E-state index in [1.807, 2.05) is 6.92 Å². The quantitative estimate of drug-likeness (QED) is 0.592. The van der Waals surface area contributed by atoms with Crippen molar-refractivity contribution in [2.75, 3.05) is 7.11 Å². The summed E-state index contributed by atoms with van der Waals surface area (Å²) in [6.07, 6.45) is 0. The van der Waals surface area contributed by atoms with E-state index < -0.39 is 18.4 Å². The van der Waals surface area contributed by atoms with E-state index in [2.05, 4.69) is 36.6 Å². The fraction of sp³-hybridized carbons (Fsp3) is 0.300. The molecular formula is C10H10Br2O4S. The Labute approximate surface area is 117 Å². The molecule has 0 radical (unpaired) electrons. The molecule has 0 aliphatic heterocycles. The Kier molecular flexibility index (Phi) is 4.38. The monoisotopic (exact) mass is 384 g/mol. The number of ether oxygens (including phenoxy) is 1. The minimum atomic E-state index is -3.91. The second-order valence-corrected chi connectivity index (χ2v) is 9.91. The maximum absolute atomic E-state index is 12.2. The van der Waals surface area contributed by atoms with E-state index in [0.717, 1.165) is 12.7 Å². The van der Waals surface area contributed by atoms with E-state index in [-0.39, 0.29) is 4.90 Å². The van der Waals surface area contributed by atoms with Gasteiger partial charge in [0.05, 0.1) is 12.0 Å². The molecule has 0 aromatic heterocycles. The normalized spacial score (nSPS) is 12.2. The molecule has 4 nitrogen and oxygen atoms in total. The Balaban J connectivity index is 3.29. The van der Waals surface area contributed by atoms with Crippen LogP contribution in [0.5, 0.6) is 0 Å². The third kappa shape index (κ3) is 2.71. The van der Waals surface area contributed by atoms with Gasteiger partial charge in [0.1, 0.15) is 0 Å². The van der Waals surface area contributed by atoms with Gasteiger partial charge >= 0.3 is 5.97 Å².